The van der Waals surface area contributed by atoms with E-state index in [4.69, 9.17) is 10.5 Å². The van der Waals surface area contributed by atoms with Crippen LogP contribution in [0.3, 0.4) is 0 Å². The molecule has 7 nitrogen and oxygen atoms in total. The minimum Gasteiger partial charge on any atom is -0.398 e. The minimum absolute atomic E-state index is 0.00884. The largest absolute Gasteiger partial charge is 0.398 e. The highest BCUT2D eigenvalue weighted by Gasteiger charge is 2.16. The number of hydrogen-bond acceptors (Lipinski definition) is 6. The van der Waals surface area contributed by atoms with Crippen LogP contribution in [0, 0.1) is 0 Å². The third-order valence-corrected chi connectivity index (χ3v) is 4.07. The van der Waals surface area contributed by atoms with E-state index in [1.54, 1.807) is 7.11 Å². The molecule has 19 heavy (non-hydrogen) atoms. The van der Waals surface area contributed by atoms with E-state index < -0.39 is 10.0 Å². The van der Waals surface area contributed by atoms with Crippen LogP contribution >= 0.6 is 0 Å². The quantitative estimate of drug-likeness (QED) is 0.670. The Kier molecular flexibility index (Phi) is 6.16. The van der Waals surface area contributed by atoms with Gasteiger partial charge in [0.1, 0.15) is 4.90 Å². The molecule has 0 aromatic carbocycles. The Bertz CT molecular complexity index is 492. The van der Waals surface area contributed by atoms with Gasteiger partial charge in [-0.15, -0.1) is 0 Å². The molecule has 0 fully saturated rings. The molecule has 8 heteroatoms. The third kappa shape index (κ3) is 5.11. The van der Waals surface area contributed by atoms with Crippen molar-refractivity contribution in [2.24, 2.45) is 0 Å². The molecule has 0 saturated heterocycles. The van der Waals surface area contributed by atoms with Gasteiger partial charge in [0.05, 0.1) is 12.3 Å². The molecule has 0 bridgehead atoms. The van der Waals surface area contributed by atoms with Gasteiger partial charge in [-0.25, -0.2) is 13.1 Å². The van der Waals surface area contributed by atoms with Crippen molar-refractivity contribution in [1.29, 1.82) is 0 Å². The summed E-state index contributed by atoms with van der Waals surface area (Å²) in [4.78, 5) is 5.75. The van der Waals surface area contributed by atoms with Crippen LogP contribution in [0.1, 0.15) is 0 Å². The first kappa shape index (κ1) is 15.8. The fourth-order valence-corrected chi connectivity index (χ4v) is 2.52. The van der Waals surface area contributed by atoms with Gasteiger partial charge in [0.25, 0.3) is 0 Å². The smallest absolute Gasteiger partial charge is 0.244 e. The Balaban J connectivity index is 2.51. The van der Waals surface area contributed by atoms with Crippen LogP contribution in [0.2, 0.25) is 0 Å². The number of nitrogen functional groups attached to an aromatic ring is 1. The lowest BCUT2D eigenvalue weighted by Gasteiger charge is -2.16. The topological polar surface area (TPSA) is 97.5 Å². The van der Waals surface area contributed by atoms with E-state index in [1.807, 2.05) is 11.9 Å². The molecule has 0 unspecified atom stereocenters. The molecule has 0 atom stereocenters. The van der Waals surface area contributed by atoms with Crippen molar-refractivity contribution in [3.8, 4) is 0 Å². The fourth-order valence-electron chi connectivity index (χ4n) is 1.42. The van der Waals surface area contributed by atoms with Crippen molar-refractivity contribution in [1.82, 2.24) is 14.6 Å². The van der Waals surface area contributed by atoms with Gasteiger partial charge in [0, 0.05) is 39.1 Å². The summed E-state index contributed by atoms with van der Waals surface area (Å²) < 4.78 is 31.4. The zero-order valence-electron chi connectivity index (χ0n) is 11.2. The van der Waals surface area contributed by atoms with Crippen molar-refractivity contribution in [2.45, 2.75) is 4.90 Å². The van der Waals surface area contributed by atoms with E-state index in [0.717, 1.165) is 6.54 Å². The highest BCUT2D eigenvalue weighted by atomic mass is 32.2. The number of methoxy groups -OCH3 is 1. The summed E-state index contributed by atoms with van der Waals surface area (Å²) >= 11 is 0. The summed E-state index contributed by atoms with van der Waals surface area (Å²) in [6, 6.07) is 1.46. The van der Waals surface area contributed by atoms with E-state index in [2.05, 4.69) is 9.71 Å². The number of nitrogens with two attached hydrogens (primary N) is 1. The number of pyridine rings is 1. The Morgan fingerprint density at radius 1 is 1.47 bits per heavy atom. The number of hydrogen-bond donors (Lipinski definition) is 2. The van der Waals surface area contributed by atoms with Crippen LogP contribution in [-0.4, -0.2) is 58.7 Å². The first-order valence-corrected chi connectivity index (χ1v) is 7.32. The zero-order chi connectivity index (χ0) is 14.3. The van der Waals surface area contributed by atoms with Gasteiger partial charge in [-0.3, -0.25) is 4.98 Å². The van der Waals surface area contributed by atoms with E-state index in [-0.39, 0.29) is 10.6 Å². The molecule has 0 amide bonds. The van der Waals surface area contributed by atoms with Gasteiger partial charge < -0.3 is 15.4 Å². The SMILES string of the molecule is COCCN(C)CCNS(=O)(=O)c1cnccc1N. The third-order valence-electron chi connectivity index (χ3n) is 2.57. The van der Waals surface area contributed by atoms with Gasteiger partial charge in [-0.05, 0) is 13.1 Å². The lowest BCUT2D eigenvalue weighted by Crippen LogP contribution is -2.34. The molecule has 1 aromatic rings. The van der Waals surface area contributed by atoms with Crippen LogP contribution in [-0.2, 0) is 14.8 Å². The molecule has 0 aliphatic carbocycles. The van der Waals surface area contributed by atoms with Crippen LogP contribution in [0.5, 0.6) is 0 Å². The molecule has 0 radical (unpaired) electrons. The summed E-state index contributed by atoms with van der Waals surface area (Å²) in [5, 5.41) is 0. The summed E-state index contributed by atoms with van der Waals surface area (Å²) in [5.41, 5.74) is 5.81. The molecular weight excluding hydrogens is 268 g/mol. The number of nitrogens with zero attached hydrogens (tertiary/aromatic N) is 2. The standard InChI is InChI=1S/C11H20N4O3S/c1-15(7-8-18-2)6-5-14-19(16,17)11-9-13-4-3-10(11)12/h3-4,9,14H,5-8H2,1-2H3,(H2,12,13). The van der Waals surface area contributed by atoms with Gasteiger partial charge in [0.15, 0.2) is 0 Å². The second-order valence-corrected chi connectivity index (χ2v) is 5.84. The molecule has 0 saturated carbocycles. The van der Waals surface area contributed by atoms with Crippen LogP contribution < -0.4 is 10.5 Å². The normalized spacial score (nSPS) is 11.9. The number of aromatic nitrogens is 1. The monoisotopic (exact) mass is 288 g/mol. The molecule has 1 aromatic heterocycles. The number of likely N-dealkylation sites (N-methyl/N-ethyl adjacent to an activating group) is 1. The van der Waals surface area contributed by atoms with Crippen LogP contribution in [0.4, 0.5) is 5.69 Å². The van der Waals surface area contributed by atoms with E-state index >= 15 is 0 Å². The molecule has 1 rings (SSSR count). The minimum atomic E-state index is -3.60. The highest BCUT2D eigenvalue weighted by molar-refractivity contribution is 7.89. The molecule has 0 aliphatic rings. The zero-order valence-corrected chi connectivity index (χ0v) is 12.0. The number of nitrogens with one attached hydrogen (secondary N) is 1. The maximum atomic E-state index is 12.0. The average molecular weight is 288 g/mol. The van der Waals surface area contributed by atoms with E-state index in [1.165, 1.54) is 18.5 Å². The number of anilines is 1. The molecule has 1 heterocycles. The Labute approximate surface area is 113 Å². The van der Waals surface area contributed by atoms with E-state index in [9.17, 15) is 8.42 Å². The summed E-state index contributed by atoms with van der Waals surface area (Å²) in [6.45, 7) is 2.24. The maximum Gasteiger partial charge on any atom is 0.244 e. The van der Waals surface area contributed by atoms with Gasteiger partial charge in [0.2, 0.25) is 10.0 Å². The summed E-state index contributed by atoms with van der Waals surface area (Å²) in [5.74, 6) is 0. The van der Waals surface area contributed by atoms with Crippen LogP contribution in [0.25, 0.3) is 0 Å². The Morgan fingerprint density at radius 3 is 2.84 bits per heavy atom. The molecule has 108 valence electrons. The lowest BCUT2D eigenvalue weighted by molar-refractivity contribution is 0.162. The second kappa shape index (κ2) is 7.39. The lowest BCUT2D eigenvalue weighted by atomic mass is 10.4. The van der Waals surface area contributed by atoms with Gasteiger partial charge in [-0.2, -0.15) is 0 Å². The van der Waals surface area contributed by atoms with Crippen LogP contribution in [0.15, 0.2) is 23.4 Å². The fraction of sp³-hybridized carbons (Fsp3) is 0.545. The highest BCUT2D eigenvalue weighted by Crippen LogP contribution is 2.14. The predicted molar refractivity (Wildman–Crippen MR) is 73.2 cm³/mol. The van der Waals surface area contributed by atoms with Gasteiger partial charge in [-0.1, -0.05) is 0 Å². The molecular formula is C11H20N4O3S. The van der Waals surface area contributed by atoms with Crippen molar-refractivity contribution in [2.75, 3.05) is 46.1 Å². The first-order valence-electron chi connectivity index (χ1n) is 5.84. The molecule has 0 aliphatic heterocycles. The summed E-state index contributed by atoms with van der Waals surface area (Å²) in [6.07, 6.45) is 2.69. The maximum absolute atomic E-state index is 12.0. The van der Waals surface area contributed by atoms with E-state index in [0.29, 0.717) is 19.7 Å². The first-order chi connectivity index (χ1) is 8.97. The number of rotatable bonds is 8. The average Bonchev–Trinajstić information content (AvgIpc) is 2.36. The molecule has 3 N–H and O–H groups in total. The predicted octanol–water partition coefficient (Wildman–Crippen LogP) is -0.480. The Morgan fingerprint density at radius 2 is 2.21 bits per heavy atom. The number of sulfonamides is 1. The second-order valence-electron chi connectivity index (χ2n) is 4.11. The van der Waals surface area contributed by atoms with Crippen molar-refractivity contribution >= 4 is 15.7 Å². The summed E-state index contributed by atoms with van der Waals surface area (Å²) in [7, 11) is -0.0812. The Hall–Kier alpha value is -1.22. The van der Waals surface area contributed by atoms with Crippen molar-refractivity contribution in [3.63, 3.8) is 0 Å². The van der Waals surface area contributed by atoms with Crippen molar-refractivity contribution < 1.29 is 13.2 Å². The number of ether oxygens (including phenoxy) is 1. The van der Waals surface area contributed by atoms with Gasteiger partial charge >= 0.3 is 0 Å². The van der Waals surface area contributed by atoms with Crippen molar-refractivity contribution in [3.05, 3.63) is 18.5 Å². The molecule has 0 spiro atoms.